The number of phenols is 2. The molecule has 2 aliphatic heterocycles. The van der Waals surface area contributed by atoms with E-state index in [0.29, 0.717) is 0 Å². The first kappa shape index (κ1) is 32.4. The Morgan fingerprint density at radius 3 is 2.09 bits per heavy atom. The molecule has 45 heavy (non-hydrogen) atoms. The van der Waals surface area contributed by atoms with Gasteiger partial charge in [-0.3, -0.25) is 9.59 Å². The minimum absolute atomic E-state index is 0.111. The maximum Gasteiger partial charge on any atom is 0.302 e. The van der Waals surface area contributed by atoms with E-state index in [2.05, 4.69) is 0 Å². The van der Waals surface area contributed by atoms with Crippen LogP contribution in [-0.4, -0.2) is 115 Å². The van der Waals surface area contributed by atoms with Gasteiger partial charge in [0.15, 0.2) is 5.76 Å². The zero-order valence-corrected chi connectivity index (χ0v) is 23.8. The van der Waals surface area contributed by atoms with Gasteiger partial charge >= 0.3 is 5.97 Å². The van der Waals surface area contributed by atoms with Crippen LogP contribution in [-0.2, 0) is 19.0 Å². The maximum absolute atomic E-state index is 13.8. The molecule has 0 spiro atoms. The van der Waals surface area contributed by atoms with E-state index in [1.165, 1.54) is 31.2 Å². The summed E-state index contributed by atoms with van der Waals surface area (Å²) in [5.74, 6) is -2.49. The Labute approximate surface area is 253 Å². The lowest BCUT2D eigenvalue weighted by molar-refractivity contribution is -0.278. The van der Waals surface area contributed by atoms with Crippen LogP contribution in [0.15, 0.2) is 45.6 Å². The Balaban J connectivity index is 1.54. The number of hydrogen-bond acceptors (Lipinski definition) is 16. The molecule has 2 aliphatic rings. The third-order valence-corrected chi connectivity index (χ3v) is 7.45. The second-order valence-corrected chi connectivity index (χ2v) is 10.7. The topological polar surface area (TPSA) is 255 Å². The molecular weight excluding hydrogens is 604 g/mol. The highest BCUT2D eigenvalue weighted by Crippen LogP contribution is 2.38. The molecule has 10 unspecified atom stereocenters. The number of aliphatic hydroxyl groups is 6. The second-order valence-electron chi connectivity index (χ2n) is 10.7. The van der Waals surface area contributed by atoms with Crippen molar-refractivity contribution in [2.75, 3.05) is 6.61 Å². The van der Waals surface area contributed by atoms with Gasteiger partial charge in [-0.1, -0.05) is 0 Å². The van der Waals surface area contributed by atoms with Crippen LogP contribution in [0, 0.1) is 0 Å². The first-order valence-corrected chi connectivity index (χ1v) is 13.8. The van der Waals surface area contributed by atoms with Crippen LogP contribution in [0.3, 0.4) is 0 Å². The standard InChI is InChI=1S/C29H32O16/c1-10-19(33)22(36)24(38)28(41-10)45-27-21(35)18-15(32)7-14(8-16(18)43-26(27)12-3-5-13(31)6-4-12)42-29-25(39)23(37)20(34)17(44-29)9-40-11(2)30/h3-8,10,17,19-20,22-25,28-29,31-34,36-39H,9H2,1-2H3. The van der Waals surface area contributed by atoms with Crippen molar-refractivity contribution in [3.63, 3.8) is 0 Å². The lowest BCUT2D eigenvalue weighted by Gasteiger charge is -2.39. The van der Waals surface area contributed by atoms with E-state index >= 15 is 0 Å². The Hall–Kier alpha value is -4.00. The smallest absolute Gasteiger partial charge is 0.302 e. The highest BCUT2D eigenvalue weighted by atomic mass is 16.7. The van der Waals surface area contributed by atoms with Crippen LogP contribution in [0.4, 0.5) is 0 Å². The number of benzene rings is 2. The summed E-state index contributed by atoms with van der Waals surface area (Å²) in [4.78, 5) is 25.0. The zero-order chi connectivity index (χ0) is 32.7. The van der Waals surface area contributed by atoms with Crippen molar-refractivity contribution in [2.24, 2.45) is 0 Å². The van der Waals surface area contributed by atoms with Gasteiger partial charge in [-0.25, -0.2) is 0 Å². The summed E-state index contributed by atoms with van der Waals surface area (Å²) in [5.41, 5.74) is -1.01. The number of aliphatic hydroxyl groups excluding tert-OH is 6. The molecule has 2 saturated heterocycles. The van der Waals surface area contributed by atoms with E-state index in [1.54, 1.807) is 0 Å². The molecule has 244 valence electrons. The normalized spacial score (nSPS) is 31.8. The molecule has 8 N–H and O–H groups in total. The van der Waals surface area contributed by atoms with Gasteiger partial charge in [-0.05, 0) is 31.2 Å². The monoisotopic (exact) mass is 636 g/mol. The maximum atomic E-state index is 13.8. The van der Waals surface area contributed by atoms with Crippen molar-refractivity contribution < 1.29 is 73.7 Å². The largest absolute Gasteiger partial charge is 0.508 e. The number of rotatable bonds is 7. The number of esters is 1. The van der Waals surface area contributed by atoms with Gasteiger partial charge in [0.1, 0.15) is 77.6 Å². The average molecular weight is 637 g/mol. The lowest BCUT2D eigenvalue weighted by Crippen LogP contribution is -2.60. The third-order valence-electron chi connectivity index (χ3n) is 7.45. The van der Waals surface area contributed by atoms with Crippen LogP contribution >= 0.6 is 0 Å². The van der Waals surface area contributed by atoms with Crippen LogP contribution in [0.1, 0.15) is 13.8 Å². The van der Waals surface area contributed by atoms with Gasteiger partial charge in [0.2, 0.25) is 23.8 Å². The van der Waals surface area contributed by atoms with E-state index in [0.717, 1.165) is 19.1 Å². The summed E-state index contributed by atoms with van der Waals surface area (Å²) in [7, 11) is 0. The van der Waals surface area contributed by atoms with Crippen molar-refractivity contribution >= 4 is 16.9 Å². The fraction of sp³-hybridized carbons (Fsp3) is 0.448. The summed E-state index contributed by atoms with van der Waals surface area (Å²) in [5, 5.41) is 82.0. The molecule has 5 rings (SSSR count). The van der Waals surface area contributed by atoms with Gasteiger partial charge in [0, 0.05) is 24.6 Å². The van der Waals surface area contributed by atoms with Crippen molar-refractivity contribution in [3.8, 4) is 34.3 Å². The second kappa shape index (κ2) is 12.8. The molecule has 0 aliphatic carbocycles. The molecule has 0 bridgehead atoms. The number of aromatic hydroxyl groups is 2. The van der Waals surface area contributed by atoms with E-state index in [9.17, 15) is 50.4 Å². The number of carbonyl (C=O) groups is 1. The van der Waals surface area contributed by atoms with Crippen LogP contribution in [0.25, 0.3) is 22.3 Å². The van der Waals surface area contributed by atoms with Crippen molar-refractivity contribution in [3.05, 3.63) is 46.6 Å². The highest BCUT2D eigenvalue weighted by molar-refractivity contribution is 5.88. The van der Waals surface area contributed by atoms with Gasteiger partial charge in [0.25, 0.3) is 0 Å². The first-order valence-electron chi connectivity index (χ1n) is 13.8. The molecule has 0 saturated carbocycles. The lowest BCUT2D eigenvalue weighted by atomic mass is 9.99. The molecule has 1 aromatic heterocycles. The zero-order valence-electron chi connectivity index (χ0n) is 23.8. The number of phenolic OH excluding ortho intramolecular Hbond substituents is 2. The molecule has 3 aromatic rings. The summed E-state index contributed by atoms with van der Waals surface area (Å²) < 4.78 is 33.1. The van der Waals surface area contributed by atoms with Crippen molar-refractivity contribution in [1.29, 1.82) is 0 Å². The minimum Gasteiger partial charge on any atom is -0.508 e. The van der Waals surface area contributed by atoms with Crippen molar-refractivity contribution in [1.82, 2.24) is 0 Å². The fourth-order valence-electron chi connectivity index (χ4n) is 4.95. The van der Waals surface area contributed by atoms with Crippen LogP contribution in [0.2, 0.25) is 0 Å². The predicted octanol–water partition coefficient (Wildman–Crippen LogP) is -1.17. The molecule has 16 heteroatoms. The highest BCUT2D eigenvalue weighted by Gasteiger charge is 2.46. The summed E-state index contributed by atoms with van der Waals surface area (Å²) in [6, 6.07) is 7.49. The molecule has 2 aromatic carbocycles. The van der Waals surface area contributed by atoms with Gasteiger partial charge in [-0.15, -0.1) is 0 Å². The number of carbonyl (C=O) groups excluding carboxylic acids is 1. The molecule has 3 heterocycles. The number of ether oxygens (including phenoxy) is 5. The fourth-order valence-corrected chi connectivity index (χ4v) is 4.95. The third kappa shape index (κ3) is 6.40. The van der Waals surface area contributed by atoms with E-state index < -0.39 is 96.3 Å². The molecule has 0 radical (unpaired) electrons. The van der Waals surface area contributed by atoms with E-state index in [1.807, 2.05) is 0 Å². The van der Waals surface area contributed by atoms with E-state index in [4.69, 9.17) is 28.1 Å². The van der Waals surface area contributed by atoms with Gasteiger partial charge in [-0.2, -0.15) is 0 Å². The van der Waals surface area contributed by atoms with Crippen molar-refractivity contribution in [2.45, 2.75) is 75.3 Å². The number of fused-ring (bicyclic) bond motifs is 1. The van der Waals surface area contributed by atoms with Gasteiger partial charge in [0.05, 0.1) is 6.10 Å². The molecule has 2 fully saturated rings. The number of hydrogen-bond donors (Lipinski definition) is 8. The molecule has 0 amide bonds. The molecular formula is C29H32O16. The molecule has 10 atom stereocenters. The van der Waals surface area contributed by atoms with Crippen LogP contribution < -0.4 is 14.9 Å². The molecule has 16 nitrogen and oxygen atoms in total. The SMILES string of the molecule is CC(=O)OCC1OC(Oc2cc(O)c3c(=O)c(OC4OC(C)C(O)C(O)C4O)c(-c4ccc(O)cc4)oc3c2)C(O)C(O)C1O. The Morgan fingerprint density at radius 2 is 1.44 bits per heavy atom. The summed E-state index contributed by atoms with van der Waals surface area (Å²) >= 11 is 0. The quantitative estimate of drug-likeness (QED) is 0.142. The first-order chi connectivity index (χ1) is 21.3. The Bertz CT molecular complexity index is 1590. The summed E-state index contributed by atoms with van der Waals surface area (Å²) in [6.45, 7) is 2.07. The predicted molar refractivity (Wildman–Crippen MR) is 148 cm³/mol. The van der Waals surface area contributed by atoms with E-state index in [-0.39, 0.29) is 28.4 Å². The average Bonchev–Trinajstić information content (AvgIpc) is 2.99. The van der Waals surface area contributed by atoms with Gasteiger partial charge < -0.3 is 69.0 Å². The summed E-state index contributed by atoms with van der Waals surface area (Å²) in [6.07, 6.45) is -15.7. The Morgan fingerprint density at radius 1 is 0.822 bits per heavy atom. The minimum atomic E-state index is -1.79. The Kier molecular flexibility index (Phi) is 9.20. The van der Waals surface area contributed by atoms with Crippen LogP contribution in [0.5, 0.6) is 23.0 Å².